The summed E-state index contributed by atoms with van der Waals surface area (Å²) in [6.07, 6.45) is 1.64. The standard InChI is InChI=1S/C17H18N6O4S2/c1-12-18-21-22-23(12)15-4-2-3-14(11-15)20-29(26,27)17-9-7-16(8-10-17)28(24,25)19-13-5-6-13/h2-4,7-11,13,19-20H,5-6H2,1H3. The van der Waals surface area contributed by atoms with Crippen molar-refractivity contribution in [3.05, 3.63) is 54.4 Å². The Morgan fingerprint density at radius 3 is 2.21 bits per heavy atom. The van der Waals surface area contributed by atoms with Crippen LogP contribution in [0.3, 0.4) is 0 Å². The molecule has 0 atom stereocenters. The molecule has 29 heavy (non-hydrogen) atoms. The fourth-order valence-corrected chi connectivity index (χ4v) is 5.03. The Balaban J connectivity index is 1.55. The van der Waals surface area contributed by atoms with Crippen molar-refractivity contribution < 1.29 is 16.8 Å². The first kappa shape index (κ1) is 19.5. The lowest BCUT2D eigenvalue weighted by Gasteiger charge is -2.11. The Hall–Kier alpha value is -2.83. The molecule has 4 rings (SSSR count). The number of rotatable bonds is 7. The largest absolute Gasteiger partial charge is 0.280 e. The van der Waals surface area contributed by atoms with Crippen molar-refractivity contribution in [1.82, 2.24) is 24.9 Å². The number of nitrogens with zero attached hydrogens (tertiary/aromatic N) is 4. The van der Waals surface area contributed by atoms with Crippen LogP contribution in [0.2, 0.25) is 0 Å². The highest BCUT2D eigenvalue weighted by molar-refractivity contribution is 7.92. The number of hydrogen-bond donors (Lipinski definition) is 2. The van der Waals surface area contributed by atoms with E-state index in [2.05, 4.69) is 25.0 Å². The summed E-state index contributed by atoms with van der Waals surface area (Å²) in [5.74, 6) is 0.557. The van der Waals surface area contributed by atoms with Crippen LogP contribution in [0.1, 0.15) is 18.7 Å². The average molecular weight is 435 g/mol. The van der Waals surface area contributed by atoms with Gasteiger partial charge in [0.2, 0.25) is 10.0 Å². The third-order valence-electron chi connectivity index (χ3n) is 4.31. The molecular weight excluding hydrogens is 416 g/mol. The van der Waals surface area contributed by atoms with Crippen molar-refractivity contribution in [3.63, 3.8) is 0 Å². The SMILES string of the molecule is Cc1nnnn1-c1cccc(NS(=O)(=O)c2ccc(S(=O)(=O)NC3CC3)cc2)c1. The number of benzene rings is 2. The first-order valence-electron chi connectivity index (χ1n) is 8.75. The van der Waals surface area contributed by atoms with Crippen molar-refractivity contribution in [1.29, 1.82) is 0 Å². The predicted molar refractivity (Wildman–Crippen MR) is 104 cm³/mol. The van der Waals surface area contributed by atoms with E-state index in [1.807, 2.05) is 0 Å². The molecule has 1 heterocycles. The second-order valence-corrected chi connectivity index (χ2v) is 10.1. The molecule has 1 fully saturated rings. The Bertz CT molecular complexity index is 1250. The molecule has 12 heteroatoms. The Kier molecular flexibility index (Phi) is 4.84. The molecule has 0 unspecified atom stereocenters. The Labute approximate surface area is 168 Å². The van der Waals surface area contributed by atoms with Crippen LogP contribution in [0.15, 0.2) is 58.3 Å². The fourth-order valence-electron chi connectivity index (χ4n) is 2.67. The first-order valence-corrected chi connectivity index (χ1v) is 11.7. The molecule has 3 aromatic rings. The molecule has 0 saturated heterocycles. The smallest absolute Gasteiger partial charge is 0.261 e. The molecule has 0 amide bonds. The Morgan fingerprint density at radius 2 is 1.62 bits per heavy atom. The summed E-state index contributed by atoms with van der Waals surface area (Å²) in [7, 11) is -7.55. The highest BCUT2D eigenvalue weighted by atomic mass is 32.2. The van der Waals surface area contributed by atoms with Crippen LogP contribution in [-0.2, 0) is 20.0 Å². The van der Waals surface area contributed by atoms with Gasteiger partial charge in [0.05, 0.1) is 21.2 Å². The second-order valence-electron chi connectivity index (χ2n) is 6.66. The van der Waals surface area contributed by atoms with Gasteiger partial charge in [0, 0.05) is 6.04 Å². The van der Waals surface area contributed by atoms with Crippen molar-refractivity contribution in [2.24, 2.45) is 0 Å². The molecule has 152 valence electrons. The van der Waals surface area contributed by atoms with Crippen molar-refractivity contribution in [2.75, 3.05) is 4.72 Å². The van der Waals surface area contributed by atoms with E-state index in [-0.39, 0.29) is 15.8 Å². The third kappa shape index (κ3) is 4.28. The van der Waals surface area contributed by atoms with Crippen molar-refractivity contribution >= 4 is 25.7 Å². The zero-order chi connectivity index (χ0) is 20.6. The molecule has 1 aliphatic carbocycles. The van der Waals surface area contributed by atoms with E-state index in [4.69, 9.17) is 0 Å². The van der Waals surface area contributed by atoms with Crippen molar-refractivity contribution in [3.8, 4) is 5.69 Å². The Morgan fingerprint density at radius 1 is 0.966 bits per heavy atom. The van der Waals surface area contributed by atoms with Crippen molar-refractivity contribution in [2.45, 2.75) is 35.6 Å². The number of sulfonamides is 2. The summed E-state index contributed by atoms with van der Waals surface area (Å²) >= 11 is 0. The summed E-state index contributed by atoms with van der Waals surface area (Å²) in [5, 5.41) is 11.2. The van der Waals surface area contributed by atoms with Gasteiger partial charge in [-0.3, -0.25) is 4.72 Å². The number of nitrogens with one attached hydrogen (secondary N) is 2. The minimum absolute atomic E-state index is 0.0267. The molecule has 0 spiro atoms. The van der Waals surface area contributed by atoms with Gasteiger partial charge in [-0.2, -0.15) is 4.68 Å². The van der Waals surface area contributed by atoms with Gasteiger partial charge >= 0.3 is 0 Å². The molecule has 2 aromatic carbocycles. The fraction of sp³-hybridized carbons (Fsp3) is 0.235. The van der Waals surface area contributed by atoms with Crippen LogP contribution >= 0.6 is 0 Å². The molecule has 10 nitrogen and oxygen atoms in total. The highest BCUT2D eigenvalue weighted by Gasteiger charge is 2.28. The van der Waals surface area contributed by atoms with Gasteiger partial charge in [-0.1, -0.05) is 6.07 Å². The molecule has 2 N–H and O–H groups in total. The monoisotopic (exact) mass is 434 g/mol. The predicted octanol–water partition coefficient (Wildman–Crippen LogP) is 1.21. The molecule has 1 aliphatic rings. The normalized spacial score (nSPS) is 14.7. The van der Waals surface area contributed by atoms with E-state index < -0.39 is 20.0 Å². The van der Waals surface area contributed by atoms with E-state index in [0.717, 1.165) is 12.8 Å². The van der Waals surface area contributed by atoms with E-state index in [9.17, 15) is 16.8 Å². The maximum atomic E-state index is 12.7. The molecule has 0 aliphatic heterocycles. The van der Waals surface area contributed by atoms with Gasteiger partial charge in [-0.25, -0.2) is 21.6 Å². The van der Waals surface area contributed by atoms with Gasteiger partial charge < -0.3 is 0 Å². The lowest BCUT2D eigenvalue weighted by Crippen LogP contribution is -2.25. The molecule has 1 aromatic heterocycles. The van der Waals surface area contributed by atoms with E-state index >= 15 is 0 Å². The number of hydrogen-bond acceptors (Lipinski definition) is 7. The summed E-state index contributed by atoms with van der Waals surface area (Å²) < 4.78 is 56.3. The maximum absolute atomic E-state index is 12.7. The summed E-state index contributed by atoms with van der Waals surface area (Å²) in [6.45, 7) is 1.73. The van der Waals surface area contributed by atoms with Crippen LogP contribution in [-0.4, -0.2) is 43.1 Å². The first-order chi connectivity index (χ1) is 13.7. The molecule has 0 radical (unpaired) electrons. The van der Waals surface area contributed by atoms with E-state index in [0.29, 0.717) is 17.2 Å². The second kappa shape index (κ2) is 7.21. The number of tetrazole rings is 1. The number of anilines is 1. The van der Waals surface area contributed by atoms with Crippen LogP contribution in [0.5, 0.6) is 0 Å². The van der Waals surface area contributed by atoms with Crippen LogP contribution in [0, 0.1) is 6.92 Å². The summed E-state index contributed by atoms with van der Waals surface area (Å²) in [6, 6.07) is 11.7. The molecule has 0 bridgehead atoms. The number of aromatic nitrogens is 4. The minimum Gasteiger partial charge on any atom is -0.280 e. The number of aryl methyl sites for hydroxylation is 1. The zero-order valence-electron chi connectivity index (χ0n) is 15.3. The zero-order valence-corrected chi connectivity index (χ0v) is 17.0. The van der Waals surface area contributed by atoms with Gasteiger partial charge in [0.1, 0.15) is 0 Å². The van der Waals surface area contributed by atoms with Gasteiger partial charge in [-0.05, 0) is 72.7 Å². The van der Waals surface area contributed by atoms with E-state index in [1.165, 1.54) is 28.9 Å². The van der Waals surface area contributed by atoms with Crippen LogP contribution in [0.25, 0.3) is 5.69 Å². The quantitative estimate of drug-likeness (QED) is 0.570. The summed E-state index contributed by atoms with van der Waals surface area (Å²) in [5.41, 5.74) is 0.921. The molecule has 1 saturated carbocycles. The van der Waals surface area contributed by atoms with E-state index in [1.54, 1.807) is 31.2 Å². The highest BCUT2D eigenvalue weighted by Crippen LogP contribution is 2.24. The van der Waals surface area contributed by atoms with Crippen LogP contribution < -0.4 is 9.44 Å². The average Bonchev–Trinajstić information content (AvgIpc) is 3.37. The maximum Gasteiger partial charge on any atom is 0.261 e. The van der Waals surface area contributed by atoms with Gasteiger partial charge in [0.25, 0.3) is 10.0 Å². The minimum atomic E-state index is -3.91. The molecular formula is C17H18N6O4S2. The lowest BCUT2D eigenvalue weighted by atomic mass is 10.3. The summed E-state index contributed by atoms with van der Waals surface area (Å²) in [4.78, 5) is -0.0219. The lowest BCUT2D eigenvalue weighted by molar-refractivity contribution is 0.580. The van der Waals surface area contributed by atoms with Gasteiger partial charge in [-0.15, -0.1) is 5.10 Å². The topological polar surface area (TPSA) is 136 Å². The van der Waals surface area contributed by atoms with Crippen LogP contribution in [0.4, 0.5) is 5.69 Å². The van der Waals surface area contributed by atoms with Gasteiger partial charge in [0.15, 0.2) is 5.82 Å². The third-order valence-corrected chi connectivity index (χ3v) is 7.25.